The highest BCUT2D eigenvalue weighted by molar-refractivity contribution is 8.00. The highest BCUT2D eigenvalue weighted by atomic mass is 35.5. The zero-order valence-corrected chi connectivity index (χ0v) is 14.4. The molecule has 1 amide bonds. The topological polar surface area (TPSA) is 55.4 Å². The van der Waals surface area contributed by atoms with Crippen molar-refractivity contribution in [3.8, 4) is 0 Å². The molecule has 1 N–H and O–H groups in total. The van der Waals surface area contributed by atoms with Crippen LogP contribution < -0.4 is 5.32 Å². The lowest BCUT2D eigenvalue weighted by molar-refractivity contribution is -0.144. The van der Waals surface area contributed by atoms with Crippen LogP contribution in [-0.2, 0) is 14.3 Å². The Labute approximate surface area is 148 Å². The molecule has 0 saturated carbocycles. The van der Waals surface area contributed by atoms with E-state index in [0.717, 1.165) is 16.5 Å². The van der Waals surface area contributed by atoms with Crippen molar-refractivity contribution in [2.75, 3.05) is 17.7 Å². The van der Waals surface area contributed by atoms with Gasteiger partial charge in [-0.05, 0) is 36.8 Å². The minimum atomic E-state index is -0.544. The lowest BCUT2D eigenvalue weighted by Gasteiger charge is -2.08. The number of thioether (sulfide) groups is 1. The number of anilines is 1. The number of aryl methyl sites for hydroxylation is 1. The molecule has 4 nitrogen and oxygen atoms in total. The Kier molecular flexibility index (Phi) is 6.63. The fourth-order valence-electron chi connectivity index (χ4n) is 1.82. The van der Waals surface area contributed by atoms with Gasteiger partial charge in [-0.1, -0.05) is 29.8 Å². The smallest absolute Gasteiger partial charge is 0.316 e. The van der Waals surface area contributed by atoms with Crippen molar-refractivity contribution in [3.63, 3.8) is 0 Å². The summed E-state index contributed by atoms with van der Waals surface area (Å²) in [5, 5.41) is 2.53. The second-order valence-electron chi connectivity index (χ2n) is 4.89. The summed E-state index contributed by atoms with van der Waals surface area (Å²) in [6.45, 7) is 1.52. The average Bonchev–Trinajstić information content (AvgIpc) is 2.55. The standard InChI is InChI=1S/C17H15ClFNO3S/c1-11-4-2-3-5-15(11)24-10-17(22)23-9-16(21)20-14-7-6-12(19)8-13(14)18/h2-8H,9-10H2,1H3,(H,20,21). The summed E-state index contributed by atoms with van der Waals surface area (Å²) in [7, 11) is 0. The second-order valence-corrected chi connectivity index (χ2v) is 6.31. The van der Waals surface area contributed by atoms with Crippen molar-refractivity contribution in [1.82, 2.24) is 0 Å². The van der Waals surface area contributed by atoms with Crippen molar-refractivity contribution in [1.29, 1.82) is 0 Å². The molecular formula is C17H15ClFNO3S. The minimum absolute atomic E-state index is 0.0739. The van der Waals surface area contributed by atoms with Gasteiger partial charge in [0, 0.05) is 4.90 Å². The summed E-state index contributed by atoms with van der Waals surface area (Å²) in [5.74, 6) is -1.44. The fourth-order valence-corrected chi connectivity index (χ4v) is 2.86. The van der Waals surface area contributed by atoms with Gasteiger partial charge in [0.1, 0.15) is 5.82 Å². The van der Waals surface area contributed by atoms with Crippen LogP contribution >= 0.6 is 23.4 Å². The zero-order valence-electron chi connectivity index (χ0n) is 12.8. The molecule has 7 heteroatoms. The first-order chi connectivity index (χ1) is 11.5. The van der Waals surface area contributed by atoms with Gasteiger partial charge in [-0.3, -0.25) is 9.59 Å². The molecule has 0 aliphatic heterocycles. The molecule has 0 fully saturated rings. The van der Waals surface area contributed by atoms with Crippen molar-refractivity contribution in [2.45, 2.75) is 11.8 Å². The lowest BCUT2D eigenvalue weighted by atomic mass is 10.2. The molecule has 0 aliphatic rings. The van der Waals surface area contributed by atoms with E-state index in [4.69, 9.17) is 16.3 Å². The number of esters is 1. The molecule has 0 unspecified atom stereocenters. The van der Waals surface area contributed by atoms with E-state index < -0.39 is 24.3 Å². The van der Waals surface area contributed by atoms with E-state index in [1.165, 1.54) is 23.9 Å². The number of rotatable bonds is 6. The first-order valence-corrected chi connectivity index (χ1v) is 8.41. The zero-order chi connectivity index (χ0) is 17.5. The van der Waals surface area contributed by atoms with Gasteiger partial charge in [-0.15, -0.1) is 11.8 Å². The van der Waals surface area contributed by atoms with E-state index >= 15 is 0 Å². The van der Waals surface area contributed by atoms with Crippen LogP contribution in [0.25, 0.3) is 0 Å². The highest BCUT2D eigenvalue weighted by Gasteiger charge is 2.11. The number of carbonyl (C=O) groups excluding carboxylic acids is 2. The van der Waals surface area contributed by atoms with Gasteiger partial charge >= 0.3 is 5.97 Å². The van der Waals surface area contributed by atoms with Crippen LogP contribution in [0.1, 0.15) is 5.56 Å². The maximum Gasteiger partial charge on any atom is 0.316 e. The number of halogens is 2. The Balaban J connectivity index is 1.77. The fraction of sp³-hybridized carbons (Fsp3) is 0.176. The predicted molar refractivity (Wildman–Crippen MR) is 92.9 cm³/mol. The van der Waals surface area contributed by atoms with Crippen LogP contribution in [-0.4, -0.2) is 24.2 Å². The molecule has 0 heterocycles. The van der Waals surface area contributed by atoms with E-state index in [-0.39, 0.29) is 16.5 Å². The van der Waals surface area contributed by atoms with E-state index in [1.54, 1.807) is 0 Å². The number of hydrogen-bond donors (Lipinski definition) is 1. The number of ether oxygens (including phenoxy) is 1. The van der Waals surface area contributed by atoms with Gasteiger partial charge in [0.05, 0.1) is 16.5 Å². The van der Waals surface area contributed by atoms with Crippen LogP contribution in [0.3, 0.4) is 0 Å². The monoisotopic (exact) mass is 367 g/mol. The molecule has 0 spiro atoms. The number of hydrogen-bond acceptors (Lipinski definition) is 4. The molecule has 0 atom stereocenters. The molecule has 2 rings (SSSR count). The normalized spacial score (nSPS) is 10.3. The predicted octanol–water partition coefficient (Wildman–Crippen LogP) is 4.06. The summed E-state index contributed by atoms with van der Waals surface area (Å²) >= 11 is 7.15. The van der Waals surface area contributed by atoms with Gasteiger partial charge in [-0.25, -0.2) is 4.39 Å². The maximum absolute atomic E-state index is 12.9. The first-order valence-electron chi connectivity index (χ1n) is 7.04. The lowest BCUT2D eigenvalue weighted by Crippen LogP contribution is -2.21. The van der Waals surface area contributed by atoms with Crippen molar-refractivity contribution in [2.24, 2.45) is 0 Å². The number of benzene rings is 2. The maximum atomic E-state index is 12.9. The third-order valence-electron chi connectivity index (χ3n) is 3.01. The molecule has 0 saturated heterocycles. The first kappa shape index (κ1) is 18.3. The summed E-state index contributed by atoms with van der Waals surface area (Å²) in [4.78, 5) is 24.4. The second kappa shape index (κ2) is 8.70. The van der Waals surface area contributed by atoms with E-state index in [1.807, 2.05) is 31.2 Å². The molecule has 24 heavy (non-hydrogen) atoms. The Morgan fingerprint density at radius 2 is 2.00 bits per heavy atom. The summed E-state index contributed by atoms with van der Waals surface area (Å²) in [6.07, 6.45) is 0. The molecule has 0 aromatic heterocycles. The van der Waals surface area contributed by atoms with Gasteiger partial charge in [0.25, 0.3) is 5.91 Å². The molecule has 0 radical (unpaired) electrons. The summed E-state index contributed by atoms with van der Waals surface area (Å²) in [5.41, 5.74) is 1.33. The van der Waals surface area contributed by atoms with Crippen molar-refractivity contribution >= 4 is 40.9 Å². The summed E-state index contributed by atoms with van der Waals surface area (Å²) in [6, 6.07) is 11.3. The third-order valence-corrected chi connectivity index (χ3v) is 4.47. The van der Waals surface area contributed by atoms with Gasteiger partial charge in [0.15, 0.2) is 6.61 Å². The molecule has 0 bridgehead atoms. The Morgan fingerprint density at radius 1 is 1.25 bits per heavy atom. The quantitative estimate of drug-likeness (QED) is 0.618. The van der Waals surface area contributed by atoms with Crippen molar-refractivity contribution in [3.05, 3.63) is 58.9 Å². The molecule has 2 aromatic carbocycles. The number of amides is 1. The van der Waals surface area contributed by atoms with Crippen LogP contribution in [0.5, 0.6) is 0 Å². The Hall–Kier alpha value is -2.05. The summed E-state index contributed by atoms with van der Waals surface area (Å²) < 4.78 is 17.8. The Morgan fingerprint density at radius 3 is 2.71 bits per heavy atom. The van der Waals surface area contributed by atoms with Gasteiger partial charge in [0.2, 0.25) is 0 Å². The molecular weight excluding hydrogens is 353 g/mol. The largest absolute Gasteiger partial charge is 0.455 e. The molecule has 0 aliphatic carbocycles. The number of carbonyl (C=O) groups is 2. The molecule has 2 aromatic rings. The highest BCUT2D eigenvalue weighted by Crippen LogP contribution is 2.23. The van der Waals surface area contributed by atoms with Gasteiger partial charge in [-0.2, -0.15) is 0 Å². The van der Waals surface area contributed by atoms with E-state index in [2.05, 4.69) is 5.32 Å². The van der Waals surface area contributed by atoms with Crippen LogP contribution in [0.2, 0.25) is 5.02 Å². The van der Waals surface area contributed by atoms with E-state index in [9.17, 15) is 14.0 Å². The number of nitrogens with one attached hydrogen (secondary N) is 1. The molecule has 126 valence electrons. The van der Waals surface area contributed by atoms with Gasteiger partial charge < -0.3 is 10.1 Å². The van der Waals surface area contributed by atoms with E-state index in [0.29, 0.717) is 0 Å². The SMILES string of the molecule is Cc1ccccc1SCC(=O)OCC(=O)Nc1ccc(F)cc1Cl. The third kappa shape index (κ3) is 5.54. The van der Waals surface area contributed by atoms with Crippen LogP contribution in [0, 0.1) is 12.7 Å². The minimum Gasteiger partial charge on any atom is -0.455 e. The average molecular weight is 368 g/mol. The van der Waals surface area contributed by atoms with Crippen molar-refractivity contribution < 1.29 is 18.7 Å². The Bertz CT molecular complexity index is 754. The van der Waals surface area contributed by atoms with Crippen LogP contribution in [0.4, 0.5) is 10.1 Å². The van der Waals surface area contributed by atoms with Crippen LogP contribution in [0.15, 0.2) is 47.4 Å².